The first-order chi connectivity index (χ1) is 6.83. The zero-order valence-corrected chi connectivity index (χ0v) is 8.33. The van der Waals surface area contributed by atoms with E-state index in [0.717, 1.165) is 6.42 Å². The lowest BCUT2D eigenvalue weighted by atomic mass is 10.3. The highest BCUT2D eigenvalue weighted by molar-refractivity contribution is 5.75. The molecule has 5 heteroatoms. The molecule has 0 spiro atoms. The molecule has 1 atom stereocenters. The van der Waals surface area contributed by atoms with Crippen LogP contribution in [0.4, 0.5) is 0 Å². The van der Waals surface area contributed by atoms with Gasteiger partial charge >= 0.3 is 0 Å². The van der Waals surface area contributed by atoms with Crippen molar-refractivity contribution in [1.82, 2.24) is 5.32 Å². The minimum Gasteiger partial charge on any atom is -0.376 e. The van der Waals surface area contributed by atoms with Crippen LogP contribution in [0.1, 0.15) is 12.8 Å². The van der Waals surface area contributed by atoms with Gasteiger partial charge in [-0.05, 0) is 13.0 Å². The predicted molar refractivity (Wildman–Crippen MR) is 51.9 cm³/mol. The van der Waals surface area contributed by atoms with Crippen LogP contribution < -0.4 is 11.1 Å². The monoisotopic (exact) mass is 202 g/mol. The number of hydrogen-bond acceptors (Lipinski definition) is 4. The number of ether oxygens (including phenoxy) is 2. The number of amides is 1. The molecule has 5 nitrogen and oxygen atoms in total. The Morgan fingerprint density at radius 3 is 3.00 bits per heavy atom. The molecular weight excluding hydrogens is 184 g/mol. The fourth-order valence-electron chi connectivity index (χ4n) is 1.23. The van der Waals surface area contributed by atoms with Crippen LogP contribution in [0.3, 0.4) is 0 Å². The summed E-state index contributed by atoms with van der Waals surface area (Å²) < 4.78 is 10.6. The van der Waals surface area contributed by atoms with Gasteiger partial charge in [0.1, 0.15) is 0 Å². The van der Waals surface area contributed by atoms with Crippen molar-refractivity contribution in [2.75, 3.05) is 32.9 Å². The Balaban J connectivity index is 2.03. The van der Waals surface area contributed by atoms with Gasteiger partial charge in [-0.1, -0.05) is 0 Å². The van der Waals surface area contributed by atoms with E-state index in [2.05, 4.69) is 5.32 Å². The number of nitrogens with two attached hydrogens (primary N) is 1. The van der Waals surface area contributed by atoms with Gasteiger partial charge in [-0.3, -0.25) is 4.79 Å². The van der Waals surface area contributed by atoms with Crippen molar-refractivity contribution in [3.63, 3.8) is 0 Å². The summed E-state index contributed by atoms with van der Waals surface area (Å²) in [6, 6.07) is 0. The second kappa shape index (κ2) is 6.75. The average molecular weight is 202 g/mol. The highest BCUT2D eigenvalue weighted by Gasteiger charge is 2.14. The van der Waals surface area contributed by atoms with Crippen LogP contribution in [0.25, 0.3) is 0 Å². The third-order valence-electron chi connectivity index (χ3n) is 2.02. The van der Waals surface area contributed by atoms with Gasteiger partial charge in [-0.2, -0.15) is 0 Å². The van der Waals surface area contributed by atoms with Gasteiger partial charge in [0.05, 0.1) is 25.9 Å². The molecule has 1 heterocycles. The van der Waals surface area contributed by atoms with E-state index in [-0.39, 0.29) is 12.0 Å². The summed E-state index contributed by atoms with van der Waals surface area (Å²) in [5.74, 6) is 0.0321. The van der Waals surface area contributed by atoms with Crippen molar-refractivity contribution >= 4 is 5.91 Å². The Kier molecular flexibility index (Phi) is 5.51. The van der Waals surface area contributed by atoms with Gasteiger partial charge in [0, 0.05) is 13.0 Å². The second-order valence-corrected chi connectivity index (χ2v) is 3.26. The average Bonchev–Trinajstić information content (AvgIpc) is 2.25. The smallest absolute Gasteiger partial charge is 0.220 e. The Morgan fingerprint density at radius 1 is 1.50 bits per heavy atom. The summed E-state index contributed by atoms with van der Waals surface area (Å²) >= 11 is 0. The van der Waals surface area contributed by atoms with Crippen LogP contribution >= 0.6 is 0 Å². The molecule has 0 radical (unpaired) electrons. The van der Waals surface area contributed by atoms with Crippen LogP contribution in [-0.4, -0.2) is 44.9 Å². The maximum Gasteiger partial charge on any atom is 0.220 e. The van der Waals surface area contributed by atoms with E-state index in [0.29, 0.717) is 39.3 Å². The molecule has 0 aliphatic carbocycles. The number of carbonyl (C=O) groups is 1. The molecule has 1 aliphatic rings. The number of carbonyl (C=O) groups excluding carboxylic acids is 1. The fraction of sp³-hybridized carbons (Fsp3) is 0.889. The van der Waals surface area contributed by atoms with E-state index >= 15 is 0 Å². The first-order valence-corrected chi connectivity index (χ1v) is 4.99. The highest BCUT2D eigenvalue weighted by Crippen LogP contribution is 1.99. The predicted octanol–water partition coefficient (Wildman–Crippen LogP) is -0.743. The zero-order chi connectivity index (χ0) is 10.2. The van der Waals surface area contributed by atoms with Crippen molar-refractivity contribution in [2.24, 2.45) is 5.73 Å². The topological polar surface area (TPSA) is 73.6 Å². The van der Waals surface area contributed by atoms with Crippen LogP contribution in [0.5, 0.6) is 0 Å². The molecule has 1 amide bonds. The minimum absolute atomic E-state index is 0.00516. The molecule has 14 heavy (non-hydrogen) atoms. The van der Waals surface area contributed by atoms with E-state index in [1.807, 2.05) is 0 Å². The van der Waals surface area contributed by atoms with Crippen LogP contribution in [0, 0.1) is 0 Å². The summed E-state index contributed by atoms with van der Waals surface area (Å²) in [7, 11) is 0. The number of hydrogen-bond donors (Lipinski definition) is 2. The Morgan fingerprint density at radius 2 is 2.36 bits per heavy atom. The third-order valence-corrected chi connectivity index (χ3v) is 2.02. The van der Waals surface area contributed by atoms with Crippen molar-refractivity contribution in [2.45, 2.75) is 18.9 Å². The maximum atomic E-state index is 11.2. The van der Waals surface area contributed by atoms with E-state index in [9.17, 15) is 4.79 Å². The molecule has 1 rings (SSSR count). The van der Waals surface area contributed by atoms with Crippen LogP contribution in [0.15, 0.2) is 0 Å². The molecular formula is C9H18N2O3. The molecule has 0 aromatic carbocycles. The van der Waals surface area contributed by atoms with Crippen LogP contribution in [-0.2, 0) is 14.3 Å². The third kappa shape index (κ3) is 4.55. The maximum absolute atomic E-state index is 11.2. The number of nitrogens with one attached hydrogen (secondary N) is 1. The summed E-state index contributed by atoms with van der Waals surface area (Å²) in [5.41, 5.74) is 5.29. The summed E-state index contributed by atoms with van der Waals surface area (Å²) in [6.45, 7) is 2.91. The van der Waals surface area contributed by atoms with Gasteiger partial charge in [-0.25, -0.2) is 0 Å². The SMILES string of the molecule is NCCCC(=O)NCC1COCCO1. The Bertz CT molecular complexity index is 169. The largest absolute Gasteiger partial charge is 0.376 e. The lowest BCUT2D eigenvalue weighted by Crippen LogP contribution is -2.39. The molecule has 0 saturated carbocycles. The quantitative estimate of drug-likeness (QED) is 0.615. The van der Waals surface area contributed by atoms with Gasteiger partial charge in [0.2, 0.25) is 5.91 Å². The Labute approximate surface area is 83.9 Å². The summed E-state index contributed by atoms with van der Waals surface area (Å²) in [6.07, 6.45) is 1.23. The fourth-order valence-corrected chi connectivity index (χ4v) is 1.23. The van der Waals surface area contributed by atoms with E-state index in [1.54, 1.807) is 0 Å². The first-order valence-electron chi connectivity index (χ1n) is 4.99. The summed E-state index contributed by atoms with van der Waals surface area (Å²) in [5, 5.41) is 2.79. The van der Waals surface area contributed by atoms with Crippen LogP contribution in [0.2, 0.25) is 0 Å². The molecule has 1 saturated heterocycles. The lowest BCUT2D eigenvalue weighted by Gasteiger charge is -2.23. The minimum atomic E-state index is 0.00516. The molecule has 1 fully saturated rings. The molecule has 0 aromatic rings. The van der Waals surface area contributed by atoms with E-state index in [1.165, 1.54) is 0 Å². The van der Waals surface area contributed by atoms with Gasteiger partial charge in [0.25, 0.3) is 0 Å². The standard InChI is InChI=1S/C9H18N2O3/c10-3-1-2-9(12)11-6-8-7-13-4-5-14-8/h8H,1-7,10H2,(H,11,12). The van der Waals surface area contributed by atoms with Crippen molar-refractivity contribution in [1.29, 1.82) is 0 Å². The van der Waals surface area contributed by atoms with E-state index < -0.39 is 0 Å². The molecule has 1 aliphatic heterocycles. The Hall–Kier alpha value is -0.650. The molecule has 82 valence electrons. The molecule has 0 bridgehead atoms. The normalized spacial score (nSPS) is 21.9. The van der Waals surface area contributed by atoms with Crippen molar-refractivity contribution < 1.29 is 14.3 Å². The lowest BCUT2D eigenvalue weighted by molar-refractivity contribution is -0.124. The van der Waals surface area contributed by atoms with Crippen molar-refractivity contribution in [3.05, 3.63) is 0 Å². The van der Waals surface area contributed by atoms with E-state index in [4.69, 9.17) is 15.2 Å². The molecule has 0 aromatic heterocycles. The molecule has 1 unspecified atom stereocenters. The van der Waals surface area contributed by atoms with Crippen molar-refractivity contribution in [3.8, 4) is 0 Å². The van der Waals surface area contributed by atoms with Gasteiger partial charge in [0.15, 0.2) is 0 Å². The summed E-state index contributed by atoms with van der Waals surface area (Å²) in [4.78, 5) is 11.2. The second-order valence-electron chi connectivity index (χ2n) is 3.26. The van der Waals surface area contributed by atoms with Gasteiger partial charge < -0.3 is 20.5 Å². The molecule has 3 N–H and O–H groups in total. The number of rotatable bonds is 5. The first kappa shape index (κ1) is 11.4. The highest BCUT2D eigenvalue weighted by atomic mass is 16.6. The van der Waals surface area contributed by atoms with Gasteiger partial charge in [-0.15, -0.1) is 0 Å². The zero-order valence-electron chi connectivity index (χ0n) is 8.33.